The van der Waals surface area contributed by atoms with Gasteiger partial charge in [0.15, 0.2) is 0 Å². The van der Waals surface area contributed by atoms with Crippen LogP contribution in [0.1, 0.15) is 18.2 Å². The Bertz CT molecular complexity index is 559. The van der Waals surface area contributed by atoms with Gasteiger partial charge < -0.3 is 4.74 Å². The largest absolute Gasteiger partial charge is 0.383 e. The van der Waals surface area contributed by atoms with Gasteiger partial charge in [0.25, 0.3) is 0 Å². The van der Waals surface area contributed by atoms with Crippen LogP contribution in [0.2, 0.25) is 0 Å². The Morgan fingerprint density at radius 2 is 2.14 bits per heavy atom. The third-order valence-corrected chi connectivity index (χ3v) is 4.59. The van der Waals surface area contributed by atoms with Crippen molar-refractivity contribution < 1.29 is 4.74 Å². The van der Waals surface area contributed by atoms with E-state index >= 15 is 0 Å². The van der Waals surface area contributed by atoms with Crippen molar-refractivity contribution in [1.29, 1.82) is 0 Å². The van der Waals surface area contributed by atoms with E-state index in [9.17, 15) is 0 Å². The maximum absolute atomic E-state index is 5.85. The molecular weight excluding hydrogens is 304 g/mol. The lowest BCUT2D eigenvalue weighted by molar-refractivity contribution is 0.147. The Hall–Kier alpha value is -0.940. The molecule has 0 unspecified atom stereocenters. The first kappa shape index (κ1) is 16.4. The average Bonchev–Trinajstić information content (AvgIpc) is 3.00. The number of thiazole rings is 1. The minimum atomic E-state index is 0.466. The molecule has 0 saturated heterocycles. The van der Waals surface area contributed by atoms with Gasteiger partial charge in [-0.05, 0) is 12.1 Å². The van der Waals surface area contributed by atoms with Gasteiger partial charge in [0, 0.05) is 31.1 Å². The number of alkyl halides is 1. The number of ether oxygens (including phenoxy) is 1. The zero-order valence-corrected chi connectivity index (χ0v) is 14.1. The number of halogens is 1. The Kier molecular flexibility index (Phi) is 6.64. The van der Waals surface area contributed by atoms with Crippen LogP contribution in [0.25, 0.3) is 10.6 Å². The van der Waals surface area contributed by atoms with Crippen molar-refractivity contribution in [2.45, 2.75) is 19.3 Å². The van der Waals surface area contributed by atoms with Gasteiger partial charge in [-0.2, -0.15) is 0 Å². The molecule has 0 saturated carbocycles. The standard InChI is InChI=1S/C16H21ClN2OS/c1-3-19(8-9-20-2)11-13-6-4-5-7-15(13)16-18-14(10-17)12-21-16/h4-7,12H,3,8-11H2,1-2H3. The first-order chi connectivity index (χ1) is 10.3. The minimum Gasteiger partial charge on any atom is -0.383 e. The lowest BCUT2D eigenvalue weighted by Crippen LogP contribution is -2.26. The predicted octanol–water partition coefficient (Wildman–Crippen LogP) is 4.02. The maximum Gasteiger partial charge on any atom is 0.123 e. The third kappa shape index (κ3) is 4.51. The number of rotatable bonds is 8. The van der Waals surface area contributed by atoms with E-state index in [-0.39, 0.29) is 0 Å². The summed E-state index contributed by atoms with van der Waals surface area (Å²) in [6.45, 7) is 5.78. The van der Waals surface area contributed by atoms with Crippen molar-refractivity contribution in [3.05, 3.63) is 40.9 Å². The van der Waals surface area contributed by atoms with Crippen molar-refractivity contribution in [2.75, 3.05) is 26.8 Å². The Morgan fingerprint density at radius 3 is 2.81 bits per heavy atom. The van der Waals surface area contributed by atoms with Crippen LogP contribution in [0, 0.1) is 0 Å². The second kappa shape index (κ2) is 8.49. The van der Waals surface area contributed by atoms with Gasteiger partial charge in [-0.1, -0.05) is 31.2 Å². The molecule has 0 aliphatic heterocycles. The fourth-order valence-corrected chi connectivity index (χ4v) is 3.28. The van der Waals surface area contributed by atoms with Crippen molar-refractivity contribution in [2.24, 2.45) is 0 Å². The molecule has 0 aliphatic rings. The number of hydrogen-bond donors (Lipinski definition) is 0. The number of hydrogen-bond acceptors (Lipinski definition) is 4. The highest BCUT2D eigenvalue weighted by atomic mass is 35.5. The maximum atomic E-state index is 5.85. The van der Waals surface area contributed by atoms with Gasteiger partial charge in [-0.25, -0.2) is 4.98 Å². The number of benzene rings is 1. The topological polar surface area (TPSA) is 25.4 Å². The summed E-state index contributed by atoms with van der Waals surface area (Å²) in [5.74, 6) is 0.466. The van der Waals surface area contributed by atoms with Crippen LogP contribution in [-0.4, -0.2) is 36.7 Å². The molecular formula is C16H21ClN2OS. The molecule has 1 heterocycles. The van der Waals surface area contributed by atoms with Crippen LogP contribution < -0.4 is 0 Å². The monoisotopic (exact) mass is 324 g/mol. The lowest BCUT2D eigenvalue weighted by Gasteiger charge is -2.21. The van der Waals surface area contributed by atoms with Crippen molar-refractivity contribution in [1.82, 2.24) is 9.88 Å². The molecule has 0 spiro atoms. The van der Waals surface area contributed by atoms with Crippen LogP contribution >= 0.6 is 22.9 Å². The van der Waals surface area contributed by atoms with Gasteiger partial charge in [-0.15, -0.1) is 22.9 Å². The van der Waals surface area contributed by atoms with Crippen LogP contribution in [-0.2, 0) is 17.2 Å². The van der Waals surface area contributed by atoms with Crippen molar-refractivity contribution in [3.63, 3.8) is 0 Å². The van der Waals surface area contributed by atoms with Crippen LogP contribution in [0.3, 0.4) is 0 Å². The van der Waals surface area contributed by atoms with Gasteiger partial charge >= 0.3 is 0 Å². The number of aromatic nitrogens is 1. The average molecular weight is 325 g/mol. The van der Waals surface area contributed by atoms with Gasteiger partial charge in [0.1, 0.15) is 5.01 Å². The lowest BCUT2D eigenvalue weighted by atomic mass is 10.1. The Labute approximate surface area is 135 Å². The van der Waals surface area contributed by atoms with E-state index in [1.54, 1.807) is 18.4 Å². The third-order valence-electron chi connectivity index (χ3n) is 3.39. The molecule has 2 rings (SSSR count). The van der Waals surface area contributed by atoms with E-state index in [0.29, 0.717) is 5.88 Å². The highest BCUT2D eigenvalue weighted by molar-refractivity contribution is 7.13. The quantitative estimate of drug-likeness (QED) is 0.686. The van der Waals surface area contributed by atoms with E-state index in [4.69, 9.17) is 16.3 Å². The van der Waals surface area contributed by atoms with Gasteiger partial charge in [0.05, 0.1) is 18.2 Å². The smallest absolute Gasteiger partial charge is 0.123 e. The molecule has 1 aromatic heterocycles. The summed E-state index contributed by atoms with van der Waals surface area (Å²) in [5, 5.41) is 3.07. The molecule has 3 nitrogen and oxygen atoms in total. The molecule has 2 aromatic rings. The number of likely N-dealkylation sites (N-methyl/N-ethyl adjacent to an activating group) is 1. The summed E-state index contributed by atoms with van der Waals surface area (Å²) in [6, 6.07) is 8.45. The van der Waals surface area contributed by atoms with Gasteiger partial charge in [0.2, 0.25) is 0 Å². The number of methoxy groups -OCH3 is 1. The van der Waals surface area contributed by atoms with E-state index < -0.39 is 0 Å². The summed E-state index contributed by atoms with van der Waals surface area (Å²) < 4.78 is 5.18. The number of nitrogens with zero attached hydrogens (tertiary/aromatic N) is 2. The fourth-order valence-electron chi connectivity index (χ4n) is 2.17. The van der Waals surface area contributed by atoms with Crippen LogP contribution in [0.4, 0.5) is 0 Å². The second-order valence-corrected chi connectivity index (χ2v) is 5.92. The summed E-state index contributed by atoms with van der Waals surface area (Å²) >= 11 is 7.51. The summed E-state index contributed by atoms with van der Waals surface area (Å²) in [5.41, 5.74) is 3.44. The first-order valence-corrected chi connectivity index (χ1v) is 8.49. The molecule has 0 atom stereocenters. The van der Waals surface area contributed by atoms with Crippen molar-refractivity contribution in [3.8, 4) is 10.6 Å². The first-order valence-electron chi connectivity index (χ1n) is 7.08. The fraction of sp³-hybridized carbons (Fsp3) is 0.438. The molecule has 21 heavy (non-hydrogen) atoms. The van der Waals surface area contributed by atoms with Crippen molar-refractivity contribution >= 4 is 22.9 Å². The highest BCUT2D eigenvalue weighted by Crippen LogP contribution is 2.28. The molecule has 0 N–H and O–H groups in total. The predicted molar refractivity (Wildman–Crippen MR) is 89.9 cm³/mol. The second-order valence-electron chi connectivity index (χ2n) is 4.80. The van der Waals surface area contributed by atoms with Crippen LogP contribution in [0.5, 0.6) is 0 Å². The summed E-state index contributed by atoms with van der Waals surface area (Å²) in [6.07, 6.45) is 0. The van der Waals surface area contributed by atoms with Crippen LogP contribution in [0.15, 0.2) is 29.6 Å². The summed E-state index contributed by atoms with van der Waals surface area (Å²) in [4.78, 5) is 6.97. The van der Waals surface area contributed by atoms with E-state index in [1.165, 1.54) is 11.1 Å². The molecule has 1 aromatic carbocycles. The zero-order chi connectivity index (χ0) is 15.1. The zero-order valence-electron chi connectivity index (χ0n) is 12.5. The van der Waals surface area contributed by atoms with E-state index in [1.807, 2.05) is 5.38 Å². The normalized spacial score (nSPS) is 11.2. The SMILES string of the molecule is CCN(CCOC)Cc1ccccc1-c1nc(CCl)cs1. The molecule has 0 amide bonds. The Morgan fingerprint density at radius 1 is 1.33 bits per heavy atom. The summed E-state index contributed by atoms with van der Waals surface area (Å²) in [7, 11) is 1.74. The molecule has 0 fully saturated rings. The molecule has 0 bridgehead atoms. The van der Waals surface area contributed by atoms with E-state index in [2.05, 4.69) is 41.1 Å². The molecule has 0 aliphatic carbocycles. The Balaban J connectivity index is 2.19. The molecule has 0 radical (unpaired) electrons. The highest BCUT2D eigenvalue weighted by Gasteiger charge is 2.11. The molecule has 5 heteroatoms. The van der Waals surface area contributed by atoms with Gasteiger partial charge in [-0.3, -0.25) is 4.90 Å². The van der Waals surface area contributed by atoms with E-state index in [0.717, 1.165) is 36.9 Å². The molecule has 114 valence electrons. The minimum absolute atomic E-state index is 0.466.